The van der Waals surface area contributed by atoms with Gasteiger partial charge in [0.25, 0.3) is 5.91 Å². The number of amides is 1. The molecule has 0 aromatic carbocycles. The first-order valence-corrected chi connectivity index (χ1v) is 7.67. The van der Waals surface area contributed by atoms with Gasteiger partial charge in [-0.15, -0.1) is 0 Å². The summed E-state index contributed by atoms with van der Waals surface area (Å²) in [6.07, 6.45) is 5.26. The van der Waals surface area contributed by atoms with E-state index in [1.165, 1.54) is 4.68 Å². The number of ether oxygens (including phenoxy) is 1. The highest BCUT2D eigenvalue weighted by molar-refractivity contribution is 5.95. The van der Waals surface area contributed by atoms with E-state index in [0.29, 0.717) is 6.42 Å². The quantitative estimate of drug-likeness (QED) is 0.840. The zero-order valence-electron chi connectivity index (χ0n) is 14.3. The molecular weight excluding hydrogens is 308 g/mol. The van der Waals surface area contributed by atoms with E-state index in [1.54, 1.807) is 64.6 Å². The van der Waals surface area contributed by atoms with Gasteiger partial charge in [0.1, 0.15) is 17.3 Å². The predicted octanol–water partition coefficient (Wildman–Crippen LogP) is 1.50. The van der Waals surface area contributed by atoms with Crippen LogP contribution in [0.25, 0.3) is 0 Å². The number of nitrogens with zero attached hydrogens (tertiary/aromatic N) is 3. The van der Waals surface area contributed by atoms with Gasteiger partial charge in [-0.25, -0.2) is 4.79 Å². The van der Waals surface area contributed by atoms with Crippen LogP contribution in [0.4, 0.5) is 0 Å². The van der Waals surface area contributed by atoms with Gasteiger partial charge < -0.3 is 10.1 Å². The van der Waals surface area contributed by atoms with Crippen LogP contribution >= 0.6 is 0 Å². The second kappa shape index (κ2) is 7.25. The van der Waals surface area contributed by atoms with E-state index in [9.17, 15) is 9.59 Å². The van der Waals surface area contributed by atoms with Gasteiger partial charge in [-0.05, 0) is 44.5 Å². The molecule has 1 atom stereocenters. The van der Waals surface area contributed by atoms with Crippen LogP contribution in [0.2, 0.25) is 0 Å². The summed E-state index contributed by atoms with van der Waals surface area (Å²) in [6.45, 7) is 5.36. The molecule has 2 heterocycles. The van der Waals surface area contributed by atoms with E-state index in [2.05, 4.69) is 15.4 Å². The molecule has 0 saturated heterocycles. The third kappa shape index (κ3) is 5.19. The van der Waals surface area contributed by atoms with Gasteiger partial charge in [0.2, 0.25) is 0 Å². The molecule has 0 bridgehead atoms. The lowest BCUT2D eigenvalue weighted by atomic mass is 10.1. The summed E-state index contributed by atoms with van der Waals surface area (Å²) in [4.78, 5) is 28.7. The van der Waals surface area contributed by atoms with Crippen molar-refractivity contribution in [3.8, 4) is 0 Å². The number of esters is 1. The lowest BCUT2D eigenvalue weighted by Gasteiger charge is -2.24. The Labute approximate surface area is 141 Å². The Morgan fingerprint density at radius 2 is 1.92 bits per heavy atom. The first-order valence-electron chi connectivity index (χ1n) is 7.67. The van der Waals surface area contributed by atoms with Crippen LogP contribution in [0.1, 0.15) is 36.8 Å². The minimum absolute atomic E-state index is 0.251. The number of nitrogens with one attached hydrogen (secondary N) is 1. The number of aromatic nitrogens is 3. The number of hydrogen-bond acceptors (Lipinski definition) is 5. The molecule has 7 nitrogen and oxygen atoms in total. The van der Waals surface area contributed by atoms with Gasteiger partial charge in [-0.2, -0.15) is 5.10 Å². The molecular formula is C17H22N4O3. The molecule has 0 fully saturated rings. The van der Waals surface area contributed by atoms with Gasteiger partial charge in [0.05, 0.1) is 0 Å². The normalized spacial score (nSPS) is 12.5. The van der Waals surface area contributed by atoms with Crippen LogP contribution in [0, 0.1) is 0 Å². The number of pyridine rings is 1. The average molecular weight is 330 g/mol. The zero-order valence-corrected chi connectivity index (χ0v) is 14.3. The van der Waals surface area contributed by atoms with Crippen molar-refractivity contribution in [1.82, 2.24) is 20.1 Å². The molecule has 0 aliphatic rings. The minimum Gasteiger partial charge on any atom is -0.458 e. The van der Waals surface area contributed by atoms with E-state index >= 15 is 0 Å². The topological polar surface area (TPSA) is 86.1 Å². The Balaban J connectivity index is 2.15. The van der Waals surface area contributed by atoms with E-state index in [0.717, 1.165) is 5.56 Å². The van der Waals surface area contributed by atoms with Crippen molar-refractivity contribution in [2.45, 2.75) is 38.8 Å². The van der Waals surface area contributed by atoms with E-state index < -0.39 is 23.5 Å². The number of hydrogen-bond donors (Lipinski definition) is 1. The summed E-state index contributed by atoms with van der Waals surface area (Å²) in [7, 11) is 1.72. The Morgan fingerprint density at radius 1 is 1.25 bits per heavy atom. The van der Waals surface area contributed by atoms with Crippen molar-refractivity contribution in [3.05, 3.63) is 48.0 Å². The summed E-state index contributed by atoms with van der Waals surface area (Å²) in [5, 5.41) is 6.75. The molecule has 0 unspecified atom stereocenters. The summed E-state index contributed by atoms with van der Waals surface area (Å²) >= 11 is 0. The van der Waals surface area contributed by atoms with E-state index in [4.69, 9.17) is 4.74 Å². The fraction of sp³-hybridized carbons (Fsp3) is 0.412. The molecule has 0 aliphatic carbocycles. The molecule has 2 aromatic heterocycles. The maximum Gasteiger partial charge on any atom is 0.329 e. The fourth-order valence-electron chi connectivity index (χ4n) is 2.09. The van der Waals surface area contributed by atoms with Crippen molar-refractivity contribution in [2.75, 3.05) is 0 Å². The predicted molar refractivity (Wildman–Crippen MR) is 88.2 cm³/mol. The standard InChI is InChI=1S/C17H22N4O3/c1-17(2,3)24-16(23)14(11-12-5-8-18-9-6-12)19-15(22)13-7-10-21(4)20-13/h5-10,14H,11H2,1-4H3,(H,19,22)/t14-/m0/s1. The Bertz CT molecular complexity index is 704. The molecule has 2 rings (SSSR count). The molecule has 128 valence electrons. The highest BCUT2D eigenvalue weighted by Gasteiger charge is 2.27. The molecule has 0 radical (unpaired) electrons. The first kappa shape index (κ1) is 17.7. The first-order chi connectivity index (χ1) is 11.2. The Hall–Kier alpha value is -2.70. The van der Waals surface area contributed by atoms with E-state index in [1.807, 2.05) is 0 Å². The number of aryl methyl sites for hydroxylation is 1. The number of rotatable bonds is 5. The molecule has 1 N–H and O–H groups in total. The average Bonchev–Trinajstić information content (AvgIpc) is 2.92. The van der Waals surface area contributed by atoms with Gasteiger partial charge in [0, 0.05) is 32.1 Å². The van der Waals surface area contributed by atoms with Crippen molar-refractivity contribution in [1.29, 1.82) is 0 Å². The minimum atomic E-state index is -0.805. The van der Waals surface area contributed by atoms with Crippen LogP contribution in [0.15, 0.2) is 36.8 Å². The molecule has 1 amide bonds. The van der Waals surface area contributed by atoms with Crippen LogP contribution in [-0.2, 0) is 23.0 Å². The number of carbonyl (C=O) groups is 2. The second-order valence-corrected chi connectivity index (χ2v) is 6.49. The van der Waals surface area contributed by atoms with E-state index in [-0.39, 0.29) is 5.69 Å². The molecule has 0 saturated carbocycles. The Morgan fingerprint density at radius 3 is 2.46 bits per heavy atom. The zero-order chi connectivity index (χ0) is 17.7. The van der Waals surface area contributed by atoms with Gasteiger partial charge in [-0.1, -0.05) is 0 Å². The Kier molecular flexibility index (Phi) is 5.33. The molecule has 0 aliphatic heterocycles. The van der Waals surface area contributed by atoms with Crippen LogP contribution in [0.3, 0.4) is 0 Å². The fourth-order valence-corrected chi connectivity index (χ4v) is 2.09. The summed E-state index contributed by atoms with van der Waals surface area (Å²) in [6, 6.07) is 4.38. The lowest BCUT2D eigenvalue weighted by Crippen LogP contribution is -2.45. The van der Waals surface area contributed by atoms with Crippen molar-refractivity contribution >= 4 is 11.9 Å². The van der Waals surface area contributed by atoms with Crippen LogP contribution in [0.5, 0.6) is 0 Å². The molecule has 2 aromatic rings. The highest BCUT2D eigenvalue weighted by Crippen LogP contribution is 2.12. The maximum atomic E-state index is 12.5. The monoisotopic (exact) mass is 330 g/mol. The van der Waals surface area contributed by atoms with Crippen molar-refractivity contribution in [2.24, 2.45) is 7.05 Å². The summed E-state index contributed by atoms with van der Waals surface area (Å²) in [5.74, 6) is -0.899. The van der Waals surface area contributed by atoms with Crippen LogP contribution in [-0.4, -0.2) is 38.3 Å². The number of carbonyl (C=O) groups excluding carboxylic acids is 2. The molecule has 24 heavy (non-hydrogen) atoms. The summed E-state index contributed by atoms with van der Waals surface area (Å²) < 4.78 is 6.95. The van der Waals surface area contributed by atoms with Crippen molar-refractivity contribution in [3.63, 3.8) is 0 Å². The van der Waals surface area contributed by atoms with Gasteiger partial charge in [0.15, 0.2) is 0 Å². The molecule has 7 heteroatoms. The van der Waals surface area contributed by atoms with Crippen molar-refractivity contribution < 1.29 is 14.3 Å². The molecule has 0 spiro atoms. The smallest absolute Gasteiger partial charge is 0.329 e. The van der Waals surface area contributed by atoms with Gasteiger partial charge >= 0.3 is 5.97 Å². The second-order valence-electron chi connectivity index (χ2n) is 6.49. The largest absolute Gasteiger partial charge is 0.458 e. The SMILES string of the molecule is Cn1ccc(C(=O)N[C@@H](Cc2ccncc2)C(=O)OC(C)(C)C)n1. The third-order valence-electron chi connectivity index (χ3n) is 3.13. The third-order valence-corrected chi connectivity index (χ3v) is 3.13. The highest BCUT2D eigenvalue weighted by atomic mass is 16.6. The lowest BCUT2D eigenvalue weighted by molar-refractivity contribution is -0.157. The van der Waals surface area contributed by atoms with Crippen LogP contribution < -0.4 is 5.32 Å². The van der Waals surface area contributed by atoms with Gasteiger partial charge in [-0.3, -0.25) is 14.5 Å². The maximum absolute atomic E-state index is 12.5. The summed E-state index contributed by atoms with van der Waals surface area (Å²) in [5.41, 5.74) is 0.492.